The number of aliphatic hydroxyl groups is 1. The minimum absolute atomic E-state index is 0.152. The molecule has 0 aliphatic carbocycles. The van der Waals surface area contributed by atoms with Crippen molar-refractivity contribution < 1.29 is 37.4 Å². The Morgan fingerprint density at radius 3 is 2.67 bits per heavy atom. The molecule has 1 saturated heterocycles. The molecule has 1 aliphatic rings. The topological polar surface area (TPSA) is 158 Å². The number of para-hydroxylation sites is 1. The molecule has 0 spiro atoms. The van der Waals surface area contributed by atoms with Gasteiger partial charge in [0.15, 0.2) is 11.9 Å². The number of esters is 1. The van der Waals surface area contributed by atoms with E-state index in [1.165, 1.54) is 12.1 Å². The Kier molecular flexibility index (Phi) is 7.50. The number of hydrogen-bond acceptors (Lipinski definition) is 9. The SMILES string of the molecule is COC(=O)CNP(=O)(OC[C@H]1O[C@@H](n2ccc(=O)[nH]c2=O)C(C)(F)[C@@H]1O)Oc1ccccc1. The third-order valence-corrected chi connectivity index (χ3v) is 6.33. The number of rotatable bonds is 9. The van der Waals surface area contributed by atoms with Gasteiger partial charge in [-0.3, -0.25) is 23.7 Å². The second-order valence-electron chi connectivity index (χ2n) is 7.25. The molecule has 1 aromatic heterocycles. The molecular weight excluding hydrogens is 464 g/mol. The Morgan fingerprint density at radius 2 is 2.03 bits per heavy atom. The number of hydrogen-bond donors (Lipinski definition) is 3. The lowest BCUT2D eigenvalue weighted by atomic mass is 9.98. The van der Waals surface area contributed by atoms with Crippen LogP contribution in [0.3, 0.4) is 0 Å². The van der Waals surface area contributed by atoms with Crippen molar-refractivity contribution in [2.24, 2.45) is 0 Å². The Bertz CT molecular complexity index is 1140. The summed E-state index contributed by atoms with van der Waals surface area (Å²) in [6.07, 6.45) is -3.76. The van der Waals surface area contributed by atoms with Crippen LogP contribution in [0.4, 0.5) is 4.39 Å². The molecule has 0 amide bonds. The van der Waals surface area contributed by atoms with Crippen LogP contribution in [0, 0.1) is 0 Å². The Hall–Kier alpha value is -2.83. The number of methoxy groups -OCH3 is 1. The average Bonchev–Trinajstić information content (AvgIpc) is 3.00. The van der Waals surface area contributed by atoms with Gasteiger partial charge in [0.05, 0.1) is 13.7 Å². The van der Waals surface area contributed by atoms with E-state index in [0.29, 0.717) is 0 Å². The maximum absolute atomic E-state index is 15.3. The van der Waals surface area contributed by atoms with E-state index in [4.69, 9.17) is 13.8 Å². The fourth-order valence-electron chi connectivity index (χ4n) is 3.09. The lowest BCUT2D eigenvalue weighted by molar-refractivity contribution is -0.139. The van der Waals surface area contributed by atoms with Crippen molar-refractivity contribution in [1.29, 1.82) is 0 Å². The highest BCUT2D eigenvalue weighted by atomic mass is 31.2. The number of carbonyl (C=O) groups is 1. The summed E-state index contributed by atoms with van der Waals surface area (Å²) < 4.78 is 49.9. The van der Waals surface area contributed by atoms with Gasteiger partial charge in [-0.1, -0.05) is 18.2 Å². The van der Waals surface area contributed by atoms with Gasteiger partial charge in [-0.2, -0.15) is 0 Å². The van der Waals surface area contributed by atoms with Crippen LogP contribution >= 0.6 is 7.75 Å². The summed E-state index contributed by atoms with van der Waals surface area (Å²) >= 11 is 0. The third kappa shape index (κ3) is 5.75. The maximum Gasteiger partial charge on any atom is 0.459 e. The van der Waals surface area contributed by atoms with Gasteiger partial charge in [-0.25, -0.2) is 18.8 Å². The van der Waals surface area contributed by atoms with Gasteiger partial charge in [-0.05, 0) is 19.1 Å². The Morgan fingerprint density at radius 1 is 1.33 bits per heavy atom. The smallest absolute Gasteiger partial charge is 0.459 e. The molecule has 3 rings (SSSR count). The van der Waals surface area contributed by atoms with E-state index in [2.05, 4.69) is 9.82 Å². The summed E-state index contributed by atoms with van der Waals surface area (Å²) in [6, 6.07) is 8.91. The number of carbonyl (C=O) groups excluding carboxylic acids is 1. The van der Waals surface area contributed by atoms with Gasteiger partial charge in [0, 0.05) is 12.3 Å². The molecule has 2 unspecified atom stereocenters. The first-order valence-electron chi connectivity index (χ1n) is 9.71. The number of nitrogens with one attached hydrogen (secondary N) is 2. The predicted molar refractivity (Wildman–Crippen MR) is 111 cm³/mol. The number of ether oxygens (including phenoxy) is 2. The summed E-state index contributed by atoms with van der Waals surface area (Å²) in [4.78, 5) is 36.8. The van der Waals surface area contributed by atoms with E-state index >= 15 is 4.39 Å². The normalized spacial score (nSPS) is 26.5. The molecule has 5 atom stereocenters. The van der Waals surface area contributed by atoms with Crippen LogP contribution in [0.25, 0.3) is 0 Å². The molecule has 1 aliphatic heterocycles. The van der Waals surface area contributed by atoms with Crippen LogP contribution in [0.2, 0.25) is 0 Å². The lowest BCUT2D eigenvalue weighted by Gasteiger charge is -2.24. The zero-order valence-corrected chi connectivity index (χ0v) is 18.6. The van der Waals surface area contributed by atoms with Crippen molar-refractivity contribution in [2.45, 2.75) is 31.0 Å². The van der Waals surface area contributed by atoms with E-state index in [1.807, 2.05) is 4.98 Å². The molecule has 0 radical (unpaired) electrons. The molecule has 2 aromatic rings. The molecule has 2 heterocycles. The minimum atomic E-state index is -4.22. The van der Waals surface area contributed by atoms with Crippen molar-refractivity contribution in [2.75, 3.05) is 20.3 Å². The lowest BCUT2D eigenvalue weighted by Crippen LogP contribution is -2.43. The fraction of sp³-hybridized carbons (Fsp3) is 0.421. The second kappa shape index (κ2) is 9.98. The van der Waals surface area contributed by atoms with Crippen LogP contribution in [0.15, 0.2) is 52.2 Å². The number of aliphatic hydroxyl groups excluding tert-OH is 1. The van der Waals surface area contributed by atoms with Crippen LogP contribution < -0.4 is 20.9 Å². The van der Waals surface area contributed by atoms with Crippen molar-refractivity contribution >= 4 is 13.7 Å². The minimum Gasteiger partial charge on any atom is -0.468 e. The van der Waals surface area contributed by atoms with Crippen molar-refractivity contribution in [1.82, 2.24) is 14.6 Å². The second-order valence-corrected chi connectivity index (χ2v) is 9.00. The van der Waals surface area contributed by atoms with Crippen LogP contribution in [0.1, 0.15) is 13.2 Å². The van der Waals surface area contributed by atoms with E-state index < -0.39 is 62.2 Å². The van der Waals surface area contributed by atoms with Gasteiger partial charge in [0.25, 0.3) is 5.56 Å². The van der Waals surface area contributed by atoms with Gasteiger partial charge < -0.3 is 19.1 Å². The molecule has 180 valence electrons. The molecule has 33 heavy (non-hydrogen) atoms. The first-order valence-corrected chi connectivity index (χ1v) is 11.2. The van der Waals surface area contributed by atoms with E-state index in [0.717, 1.165) is 30.9 Å². The Balaban J connectivity index is 1.77. The molecule has 0 saturated carbocycles. The number of alkyl halides is 1. The number of aromatic nitrogens is 2. The van der Waals surface area contributed by atoms with Gasteiger partial charge in [0.2, 0.25) is 0 Å². The van der Waals surface area contributed by atoms with Gasteiger partial charge in [0.1, 0.15) is 24.5 Å². The number of aromatic amines is 1. The maximum atomic E-state index is 15.3. The third-order valence-electron chi connectivity index (χ3n) is 4.84. The largest absolute Gasteiger partial charge is 0.468 e. The zero-order valence-electron chi connectivity index (χ0n) is 17.7. The van der Waals surface area contributed by atoms with Crippen LogP contribution in [-0.4, -0.2) is 58.8 Å². The molecule has 0 bridgehead atoms. The number of halogens is 1. The standard InChI is InChI=1S/C19H23FN3O9P/c1-19(20)16(26)13(31-17(19)23-9-8-14(24)22-18(23)27)11-30-33(28,21-10-15(25)29-2)32-12-6-4-3-5-7-12/h3-9,13,16-17,26H,10-11H2,1-2H3,(H,21,28)(H,22,24,27)/t13-,16-,17-,19?,33?/m1/s1. The Labute approximate surface area is 186 Å². The highest BCUT2D eigenvalue weighted by molar-refractivity contribution is 7.52. The fourth-order valence-corrected chi connectivity index (χ4v) is 4.37. The number of H-pyrrole nitrogens is 1. The quantitative estimate of drug-likeness (QED) is 0.336. The van der Waals surface area contributed by atoms with Gasteiger partial charge >= 0.3 is 19.4 Å². The average molecular weight is 487 g/mol. The first kappa shape index (κ1) is 24.8. The molecule has 1 aromatic carbocycles. The zero-order chi connectivity index (χ0) is 24.2. The number of nitrogens with zero attached hydrogens (tertiary/aromatic N) is 1. The van der Waals surface area contributed by atoms with Crippen molar-refractivity contribution in [3.63, 3.8) is 0 Å². The number of benzene rings is 1. The summed E-state index contributed by atoms with van der Waals surface area (Å²) in [5, 5.41) is 12.8. The summed E-state index contributed by atoms with van der Waals surface area (Å²) in [6.45, 7) is -0.145. The summed E-state index contributed by atoms with van der Waals surface area (Å²) in [5.74, 6) is -0.597. The van der Waals surface area contributed by atoms with E-state index in [-0.39, 0.29) is 5.75 Å². The van der Waals surface area contributed by atoms with Crippen LogP contribution in [-0.2, 0) is 23.4 Å². The van der Waals surface area contributed by atoms with E-state index in [9.17, 15) is 24.1 Å². The van der Waals surface area contributed by atoms with Crippen LogP contribution in [0.5, 0.6) is 5.75 Å². The van der Waals surface area contributed by atoms with Crippen molar-refractivity contribution in [3.8, 4) is 5.75 Å². The van der Waals surface area contributed by atoms with Gasteiger partial charge in [-0.15, -0.1) is 0 Å². The molecule has 12 nitrogen and oxygen atoms in total. The van der Waals surface area contributed by atoms with E-state index in [1.54, 1.807) is 18.2 Å². The summed E-state index contributed by atoms with van der Waals surface area (Å²) in [7, 11) is -3.08. The summed E-state index contributed by atoms with van der Waals surface area (Å²) in [5.41, 5.74) is -4.10. The highest BCUT2D eigenvalue weighted by Gasteiger charge is 2.55. The highest BCUT2D eigenvalue weighted by Crippen LogP contribution is 2.46. The predicted octanol–water partition coefficient (Wildman–Crippen LogP) is 0.489. The first-order chi connectivity index (χ1) is 15.6. The molecule has 3 N–H and O–H groups in total. The van der Waals surface area contributed by atoms with Crippen molar-refractivity contribution in [3.05, 3.63) is 63.4 Å². The molecule has 14 heteroatoms. The molecule has 1 fully saturated rings. The monoisotopic (exact) mass is 487 g/mol. The molecular formula is C19H23FN3O9P.